The third kappa shape index (κ3) is 5.83. The van der Waals surface area contributed by atoms with Gasteiger partial charge in [0, 0.05) is 36.5 Å². The number of hydrogen-bond acceptors (Lipinski definition) is 7. The van der Waals surface area contributed by atoms with Gasteiger partial charge in [-0.1, -0.05) is 42.5 Å². The molecular weight excluding hydrogens is 530 g/mol. The zero-order chi connectivity index (χ0) is 28.1. The maximum Gasteiger partial charge on any atom is 0.339 e. The summed E-state index contributed by atoms with van der Waals surface area (Å²) in [6.45, 7) is 0.341. The Balaban J connectivity index is 1.52. The van der Waals surface area contributed by atoms with E-state index in [1.54, 1.807) is 36.8 Å². The third-order valence-electron chi connectivity index (χ3n) is 6.92. The van der Waals surface area contributed by atoms with E-state index in [0.29, 0.717) is 42.7 Å². The van der Waals surface area contributed by atoms with E-state index in [2.05, 4.69) is 9.71 Å². The Kier molecular flexibility index (Phi) is 8.09. The monoisotopic (exact) mass is 559 g/mol. The lowest BCUT2D eigenvalue weighted by Crippen LogP contribution is -2.27. The summed E-state index contributed by atoms with van der Waals surface area (Å²) in [5.41, 5.74) is 2.81. The number of imidazole rings is 1. The number of aromatic nitrogens is 2. The zero-order valence-corrected chi connectivity index (χ0v) is 22.8. The summed E-state index contributed by atoms with van der Waals surface area (Å²) >= 11 is 0. The average Bonchev–Trinajstić information content (AvgIpc) is 3.49. The number of sulfonamides is 1. The van der Waals surface area contributed by atoms with Crippen molar-refractivity contribution < 1.29 is 27.5 Å². The van der Waals surface area contributed by atoms with Gasteiger partial charge in [0.15, 0.2) is 5.78 Å². The Hall–Kier alpha value is -4.28. The summed E-state index contributed by atoms with van der Waals surface area (Å²) < 4.78 is 42.7. The number of esters is 1. The number of nitrogens with zero attached hydrogens (tertiary/aromatic N) is 2. The van der Waals surface area contributed by atoms with Gasteiger partial charge in [-0.25, -0.2) is 22.9 Å². The van der Waals surface area contributed by atoms with Gasteiger partial charge in [-0.3, -0.25) is 4.79 Å². The van der Waals surface area contributed by atoms with Crippen LogP contribution in [0.15, 0.2) is 90.3 Å². The quantitative estimate of drug-likeness (QED) is 0.285. The Morgan fingerprint density at radius 1 is 1.05 bits per heavy atom. The first kappa shape index (κ1) is 27.3. The number of fused-ring (bicyclic) bond motifs is 1. The van der Waals surface area contributed by atoms with Crippen LogP contribution < -0.4 is 9.46 Å². The molecule has 10 heteroatoms. The van der Waals surface area contributed by atoms with Gasteiger partial charge in [0.1, 0.15) is 11.9 Å². The van der Waals surface area contributed by atoms with Crippen LogP contribution in [-0.4, -0.2) is 36.8 Å². The zero-order valence-electron chi connectivity index (χ0n) is 21.9. The van der Waals surface area contributed by atoms with Crippen molar-refractivity contribution >= 4 is 21.8 Å². The van der Waals surface area contributed by atoms with E-state index in [0.717, 1.165) is 11.1 Å². The third-order valence-corrected chi connectivity index (χ3v) is 8.38. The second kappa shape index (κ2) is 11.8. The Labute approximate surface area is 232 Å². The highest BCUT2D eigenvalue weighted by molar-refractivity contribution is 7.89. The maximum absolute atomic E-state index is 13.4. The SMILES string of the molecule is COC(=O)c1ccccc1S(=O)(=O)NCc1c(OC(Cn2ccnc2)c2ccccc2)ccc2c1CCCC2=O. The molecule has 0 saturated carbocycles. The van der Waals surface area contributed by atoms with E-state index in [9.17, 15) is 18.0 Å². The first-order valence-corrected chi connectivity index (χ1v) is 14.4. The molecule has 3 aromatic carbocycles. The van der Waals surface area contributed by atoms with Gasteiger partial charge in [0.2, 0.25) is 10.0 Å². The highest BCUT2D eigenvalue weighted by Gasteiger charge is 2.27. The molecule has 1 aliphatic carbocycles. The number of ketones is 1. The average molecular weight is 560 g/mol. The van der Waals surface area contributed by atoms with Crippen molar-refractivity contribution in [3.05, 3.63) is 113 Å². The van der Waals surface area contributed by atoms with Crippen LogP contribution in [-0.2, 0) is 34.3 Å². The van der Waals surface area contributed by atoms with Gasteiger partial charge in [-0.2, -0.15) is 0 Å². The highest BCUT2D eigenvalue weighted by Crippen LogP contribution is 2.34. The molecule has 0 bridgehead atoms. The van der Waals surface area contributed by atoms with Gasteiger partial charge in [0.25, 0.3) is 0 Å². The molecule has 1 heterocycles. The Bertz CT molecular complexity index is 1620. The van der Waals surface area contributed by atoms with Crippen LogP contribution >= 0.6 is 0 Å². The van der Waals surface area contributed by atoms with Crippen molar-refractivity contribution in [2.75, 3.05) is 7.11 Å². The molecule has 5 rings (SSSR count). The van der Waals surface area contributed by atoms with Gasteiger partial charge in [-0.15, -0.1) is 0 Å². The number of Topliss-reactive ketones (excluding diaryl/α,β-unsaturated/α-hetero) is 1. The standard InChI is InChI=1S/C30H29N3O6S/c1-38-30(35)24-10-5-6-13-29(24)40(36,37)32-18-25-22-11-7-12-26(34)23(22)14-15-27(25)39-28(19-33-17-16-31-20-33)21-8-3-2-4-9-21/h2-6,8-10,13-17,20,28,32H,7,11-12,18-19H2,1H3. The molecule has 9 nitrogen and oxygen atoms in total. The fourth-order valence-electron chi connectivity index (χ4n) is 4.93. The summed E-state index contributed by atoms with van der Waals surface area (Å²) in [5, 5.41) is 0. The molecule has 1 unspecified atom stereocenters. The molecule has 0 aliphatic heterocycles. The molecule has 1 aliphatic rings. The van der Waals surface area contributed by atoms with Crippen molar-refractivity contribution in [1.29, 1.82) is 0 Å². The van der Waals surface area contributed by atoms with Crippen LogP contribution in [0.4, 0.5) is 0 Å². The Morgan fingerprint density at radius 2 is 1.82 bits per heavy atom. The van der Waals surface area contributed by atoms with E-state index in [-0.39, 0.29) is 22.8 Å². The molecule has 0 amide bonds. The van der Waals surface area contributed by atoms with Crippen LogP contribution in [0.25, 0.3) is 0 Å². The van der Waals surface area contributed by atoms with Gasteiger partial charge in [0.05, 0.1) is 30.4 Å². The number of benzene rings is 3. The first-order valence-electron chi connectivity index (χ1n) is 12.9. The molecule has 1 aromatic heterocycles. The normalized spacial score (nSPS) is 13.9. The maximum atomic E-state index is 13.4. The van der Waals surface area contributed by atoms with Gasteiger partial charge >= 0.3 is 5.97 Å². The smallest absolute Gasteiger partial charge is 0.339 e. The largest absolute Gasteiger partial charge is 0.484 e. The molecule has 0 saturated heterocycles. The molecule has 206 valence electrons. The molecule has 0 radical (unpaired) electrons. The van der Waals surface area contributed by atoms with Crippen LogP contribution in [0, 0.1) is 0 Å². The van der Waals surface area contributed by atoms with Gasteiger partial charge in [-0.05, 0) is 48.2 Å². The number of ether oxygens (including phenoxy) is 2. The predicted molar refractivity (Wildman–Crippen MR) is 148 cm³/mol. The summed E-state index contributed by atoms with van der Waals surface area (Å²) in [6.07, 6.45) is 6.56. The lowest BCUT2D eigenvalue weighted by Gasteiger charge is -2.26. The fraction of sp³-hybridized carbons (Fsp3) is 0.233. The predicted octanol–water partition coefficient (Wildman–Crippen LogP) is 4.49. The molecular formula is C30H29N3O6S. The number of hydrogen-bond donors (Lipinski definition) is 1. The van der Waals surface area contributed by atoms with Crippen LogP contribution in [0.5, 0.6) is 5.75 Å². The summed E-state index contributed by atoms with van der Waals surface area (Å²) in [7, 11) is -2.93. The highest BCUT2D eigenvalue weighted by atomic mass is 32.2. The van der Waals surface area contributed by atoms with Gasteiger partial charge < -0.3 is 14.0 Å². The molecule has 1 N–H and O–H groups in total. The first-order chi connectivity index (χ1) is 19.4. The minimum Gasteiger partial charge on any atom is -0.484 e. The topological polar surface area (TPSA) is 117 Å². The lowest BCUT2D eigenvalue weighted by molar-refractivity contribution is 0.0596. The number of nitrogens with one attached hydrogen (secondary N) is 1. The van der Waals surface area contributed by atoms with E-state index in [1.807, 2.05) is 41.1 Å². The van der Waals surface area contributed by atoms with Crippen molar-refractivity contribution in [2.45, 2.75) is 43.4 Å². The van der Waals surface area contributed by atoms with Crippen LogP contribution in [0.3, 0.4) is 0 Å². The number of carbonyl (C=O) groups is 2. The van der Waals surface area contributed by atoms with Crippen molar-refractivity contribution in [2.24, 2.45) is 0 Å². The fourth-order valence-corrected chi connectivity index (χ4v) is 6.11. The minimum atomic E-state index is -4.13. The molecule has 0 spiro atoms. The number of carbonyl (C=O) groups excluding carboxylic acids is 2. The number of methoxy groups -OCH3 is 1. The molecule has 1 atom stereocenters. The van der Waals surface area contributed by atoms with Crippen LogP contribution in [0.1, 0.15) is 56.4 Å². The van der Waals surface area contributed by atoms with E-state index in [1.165, 1.54) is 19.2 Å². The molecule has 4 aromatic rings. The van der Waals surface area contributed by atoms with E-state index < -0.39 is 22.1 Å². The Morgan fingerprint density at radius 3 is 2.58 bits per heavy atom. The van der Waals surface area contributed by atoms with Crippen LogP contribution in [0.2, 0.25) is 0 Å². The lowest BCUT2D eigenvalue weighted by atomic mass is 9.87. The van der Waals surface area contributed by atoms with E-state index >= 15 is 0 Å². The minimum absolute atomic E-state index is 0.0194. The number of rotatable bonds is 10. The van der Waals surface area contributed by atoms with Crippen molar-refractivity contribution in [3.63, 3.8) is 0 Å². The summed E-state index contributed by atoms with van der Waals surface area (Å²) in [6, 6.07) is 19.1. The summed E-state index contributed by atoms with van der Waals surface area (Å²) in [4.78, 5) is 28.9. The van der Waals surface area contributed by atoms with Crippen molar-refractivity contribution in [1.82, 2.24) is 14.3 Å². The second-order valence-electron chi connectivity index (χ2n) is 9.43. The molecule has 40 heavy (non-hydrogen) atoms. The summed E-state index contributed by atoms with van der Waals surface area (Å²) in [5.74, 6) is -0.254. The van der Waals surface area contributed by atoms with Crippen molar-refractivity contribution in [3.8, 4) is 5.75 Å². The second-order valence-corrected chi connectivity index (χ2v) is 11.2. The molecule has 0 fully saturated rings. The van der Waals surface area contributed by atoms with E-state index in [4.69, 9.17) is 9.47 Å².